The number of fused-ring (bicyclic) bond motifs is 10. The first-order valence-corrected chi connectivity index (χ1v) is 17.8. The third-order valence-electron chi connectivity index (χ3n) is 10.1. The molecule has 0 amide bonds. The fourth-order valence-electron chi connectivity index (χ4n) is 8.04. The van der Waals surface area contributed by atoms with Gasteiger partial charge in [-0.15, -0.1) is 11.3 Å². The van der Waals surface area contributed by atoms with Gasteiger partial charge in [0.15, 0.2) is 5.58 Å². The van der Waals surface area contributed by atoms with Crippen molar-refractivity contribution in [2.45, 2.75) is 0 Å². The molecule has 0 aliphatic heterocycles. The number of aromatic nitrogens is 1. The van der Waals surface area contributed by atoms with E-state index in [0.717, 1.165) is 55.6 Å². The number of hydrogen-bond acceptors (Lipinski definition) is 3. The third-order valence-corrected chi connectivity index (χ3v) is 11.4. The first-order chi connectivity index (χ1) is 24.8. The Balaban J connectivity index is 1.35. The zero-order chi connectivity index (χ0) is 32.8. The van der Waals surface area contributed by atoms with E-state index in [1.54, 1.807) is 0 Å². The SMILES string of the molecule is c1ccc(-n2c3ccccc3c3c(N(c4c5ccccc5cc5c4oc4ccccc45)c4cccc5c4sc4ccccc45)cccc32)cc1. The number of benzene rings is 8. The molecule has 4 heteroatoms. The summed E-state index contributed by atoms with van der Waals surface area (Å²) in [6.07, 6.45) is 0. The van der Waals surface area contributed by atoms with E-state index in [1.807, 2.05) is 11.3 Å². The molecule has 50 heavy (non-hydrogen) atoms. The van der Waals surface area contributed by atoms with Crippen LogP contribution < -0.4 is 4.90 Å². The Bertz CT molecular complexity index is 3110. The monoisotopic (exact) mass is 656 g/mol. The van der Waals surface area contributed by atoms with Crippen LogP contribution in [0.2, 0.25) is 0 Å². The number of nitrogens with zero attached hydrogens (tertiary/aromatic N) is 2. The maximum atomic E-state index is 6.92. The second-order valence-corrected chi connectivity index (χ2v) is 13.9. The van der Waals surface area contributed by atoms with Crippen molar-refractivity contribution in [2.75, 3.05) is 4.90 Å². The first kappa shape index (κ1) is 27.6. The van der Waals surface area contributed by atoms with Crippen molar-refractivity contribution in [3.63, 3.8) is 0 Å². The molecule has 0 aliphatic rings. The molecule has 3 nitrogen and oxygen atoms in total. The lowest BCUT2D eigenvalue weighted by molar-refractivity contribution is 0.669. The minimum absolute atomic E-state index is 0.881. The lowest BCUT2D eigenvalue weighted by Gasteiger charge is -2.28. The van der Waals surface area contributed by atoms with E-state index < -0.39 is 0 Å². The predicted molar refractivity (Wildman–Crippen MR) is 213 cm³/mol. The van der Waals surface area contributed by atoms with Crippen LogP contribution in [0.4, 0.5) is 17.1 Å². The Labute approximate surface area is 291 Å². The maximum Gasteiger partial charge on any atom is 0.160 e. The van der Waals surface area contributed by atoms with Crippen LogP contribution in [0.3, 0.4) is 0 Å². The molecular weight excluding hydrogens is 629 g/mol. The normalized spacial score (nSPS) is 12.0. The van der Waals surface area contributed by atoms with E-state index in [9.17, 15) is 0 Å². The fraction of sp³-hybridized carbons (Fsp3) is 0. The van der Waals surface area contributed by atoms with Crippen LogP contribution >= 0.6 is 11.3 Å². The number of rotatable bonds is 4. The van der Waals surface area contributed by atoms with Gasteiger partial charge in [-0.05, 0) is 60.0 Å². The highest BCUT2D eigenvalue weighted by Gasteiger charge is 2.27. The molecule has 0 unspecified atom stereocenters. The van der Waals surface area contributed by atoms with Crippen LogP contribution in [0.15, 0.2) is 174 Å². The standard InChI is InChI=1S/C46H28N2OS/c1-2-15-30(16-3-1)47-37-22-9-6-20-35(37)43-38(47)23-13-24-39(43)48(40-25-12-21-34-33-19-8-11-27-42(33)50-46(34)40)44-31-17-5-4-14-29(31)28-36-32-18-7-10-26-41(32)49-45(36)44/h1-28H. The Morgan fingerprint density at radius 3 is 2.04 bits per heavy atom. The van der Waals surface area contributed by atoms with Crippen molar-refractivity contribution in [3.05, 3.63) is 170 Å². The summed E-state index contributed by atoms with van der Waals surface area (Å²) in [7, 11) is 0. The van der Waals surface area contributed by atoms with Crippen molar-refractivity contribution in [1.29, 1.82) is 0 Å². The van der Waals surface area contributed by atoms with Crippen molar-refractivity contribution in [2.24, 2.45) is 0 Å². The molecule has 8 aromatic carbocycles. The van der Waals surface area contributed by atoms with Gasteiger partial charge in [0.25, 0.3) is 0 Å². The number of thiophene rings is 1. The van der Waals surface area contributed by atoms with Crippen LogP contribution in [0, 0.1) is 0 Å². The van der Waals surface area contributed by atoms with Crippen LogP contribution in [0.25, 0.3) is 80.4 Å². The van der Waals surface area contributed by atoms with Gasteiger partial charge in [0.2, 0.25) is 0 Å². The van der Waals surface area contributed by atoms with Crippen LogP contribution in [-0.4, -0.2) is 4.57 Å². The molecule has 11 aromatic rings. The topological polar surface area (TPSA) is 21.3 Å². The van der Waals surface area contributed by atoms with Crippen LogP contribution in [-0.2, 0) is 0 Å². The van der Waals surface area contributed by atoms with Crippen molar-refractivity contribution in [1.82, 2.24) is 4.57 Å². The van der Waals surface area contributed by atoms with Crippen LogP contribution in [0.5, 0.6) is 0 Å². The lowest BCUT2D eigenvalue weighted by atomic mass is 10.0. The smallest absolute Gasteiger partial charge is 0.160 e. The number of anilines is 3. The summed E-state index contributed by atoms with van der Waals surface area (Å²) in [5.74, 6) is 0. The number of furan rings is 1. The highest BCUT2D eigenvalue weighted by molar-refractivity contribution is 7.26. The fourth-order valence-corrected chi connectivity index (χ4v) is 9.25. The molecule has 3 aromatic heterocycles. The minimum Gasteiger partial charge on any atom is -0.454 e. The molecule has 0 N–H and O–H groups in total. The number of para-hydroxylation sites is 3. The average Bonchev–Trinajstić information content (AvgIpc) is 3.85. The highest BCUT2D eigenvalue weighted by atomic mass is 32.1. The number of hydrogen-bond donors (Lipinski definition) is 0. The second-order valence-electron chi connectivity index (χ2n) is 12.9. The quantitative estimate of drug-likeness (QED) is 0.188. The van der Waals surface area contributed by atoms with E-state index in [2.05, 4.69) is 179 Å². The molecule has 0 saturated heterocycles. The van der Waals surface area contributed by atoms with Crippen LogP contribution in [0.1, 0.15) is 0 Å². The van der Waals surface area contributed by atoms with Gasteiger partial charge < -0.3 is 13.9 Å². The summed E-state index contributed by atoms with van der Waals surface area (Å²) in [6, 6.07) is 61.1. The molecule has 11 rings (SSSR count). The van der Waals surface area contributed by atoms with Gasteiger partial charge in [-0.2, -0.15) is 0 Å². The second kappa shape index (κ2) is 10.6. The van der Waals surface area contributed by atoms with Crippen molar-refractivity contribution < 1.29 is 4.42 Å². The van der Waals surface area contributed by atoms with Crippen molar-refractivity contribution >= 4 is 103 Å². The van der Waals surface area contributed by atoms with Gasteiger partial charge in [0.1, 0.15) is 5.58 Å². The Morgan fingerprint density at radius 1 is 0.480 bits per heavy atom. The van der Waals surface area contributed by atoms with E-state index in [1.165, 1.54) is 41.8 Å². The van der Waals surface area contributed by atoms with Gasteiger partial charge in [0, 0.05) is 48.1 Å². The molecule has 0 saturated carbocycles. The summed E-state index contributed by atoms with van der Waals surface area (Å²) in [4.78, 5) is 2.49. The summed E-state index contributed by atoms with van der Waals surface area (Å²) in [5, 5.41) is 9.48. The average molecular weight is 657 g/mol. The first-order valence-electron chi connectivity index (χ1n) is 16.9. The van der Waals surface area contributed by atoms with E-state index in [-0.39, 0.29) is 0 Å². The van der Waals surface area contributed by atoms with Gasteiger partial charge in [-0.25, -0.2) is 0 Å². The van der Waals surface area contributed by atoms with Crippen molar-refractivity contribution in [3.8, 4) is 5.69 Å². The predicted octanol–water partition coefficient (Wildman–Crippen LogP) is 13.7. The summed E-state index contributed by atoms with van der Waals surface area (Å²) in [6.45, 7) is 0. The molecule has 0 aliphatic carbocycles. The van der Waals surface area contributed by atoms with E-state index >= 15 is 0 Å². The largest absolute Gasteiger partial charge is 0.454 e. The third kappa shape index (κ3) is 3.85. The molecule has 0 bridgehead atoms. The van der Waals surface area contributed by atoms with Gasteiger partial charge in [-0.1, -0.05) is 115 Å². The molecule has 0 atom stereocenters. The van der Waals surface area contributed by atoms with E-state index in [4.69, 9.17) is 4.42 Å². The van der Waals surface area contributed by atoms with E-state index in [0.29, 0.717) is 0 Å². The van der Waals surface area contributed by atoms with Gasteiger partial charge in [0.05, 0.1) is 32.8 Å². The summed E-state index contributed by atoms with van der Waals surface area (Å²) in [5.41, 5.74) is 8.52. The zero-order valence-corrected chi connectivity index (χ0v) is 27.7. The Morgan fingerprint density at radius 2 is 1.14 bits per heavy atom. The molecule has 0 radical (unpaired) electrons. The maximum absolute atomic E-state index is 6.92. The Hall–Kier alpha value is -6.36. The molecule has 234 valence electrons. The van der Waals surface area contributed by atoms with Gasteiger partial charge in [-0.3, -0.25) is 0 Å². The minimum atomic E-state index is 0.881. The summed E-state index contributed by atoms with van der Waals surface area (Å²) < 4.78 is 11.8. The summed E-state index contributed by atoms with van der Waals surface area (Å²) >= 11 is 1.86. The Kier molecular flexibility index (Phi) is 5.83. The molecule has 0 fully saturated rings. The molecule has 0 spiro atoms. The van der Waals surface area contributed by atoms with Gasteiger partial charge >= 0.3 is 0 Å². The molecule has 3 heterocycles. The highest BCUT2D eigenvalue weighted by Crippen LogP contribution is 2.52. The lowest BCUT2D eigenvalue weighted by Crippen LogP contribution is -2.11. The molecular formula is C46H28N2OS. The zero-order valence-electron chi connectivity index (χ0n) is 26.9.